The third-order valence-electron chi connectivity index (χ3n) is 3.60. The van der Waals surface area contributed by atoms with Crippen LogP contribution in [0.5, 0.6) is 11.5 Å². The molecular weight excluding hydrogens is 257 g/mol. The Labute approximate surface area is 117 Å². The SMILES string of the molecule is COc1ccc(C2C[C@H](N)c3ccc(F)cc3O2)cc1. The lowest BCUT2D eigenvalue weighted by atomic mass is 9.93. The van der Waals surface area contributed by atoms with Crippen molar-refractivity contribution in [3.05, 3.63) is 59.4 Å². The monoisotopic (exact) mass is 273 g/mol. The summed E-state index contributed by atoms with van der Waals surface area (Å²) >= 11 is 0. The zero-order chi connectivity index (χ0) is 14.1. The Bertz CT molecular complexity index is 612. The van der Waals surface area contributed by atoms with Gasteiger partial charge in [-0.3, -0.25) is 0 Å². The number of hydrogen-bond acceptors (Lipinski definition) is 3. The average Bonchev–Trinajstić information content (AvgIpc) is 2.46. The van der Waals surface area contributed by atoms with Gasteiger partial charge in [0.2, 0.25) is 0 Å². The molecular formula is C16H16FNO2. The first-order chi connectivity index (χ1) is 9.67. The van der Waals surface area contributed by atoms with Gasteiger partial charge >= 0.3 is 0 Å². The number of halogens is 1. The molecule has 1 heterocycles. The summed E-state index contributed by atoms with van der Waals surface area (Å²) in [7, 11) is 1.63. The summed E-state index contributed by atoms with van der Waals surface area (Å²) in [5.74, 6) is 1.01. The third kappa shape index (κ3) is 2.34. The first-order valence-electron chi connectivity index (χ1n) is 6.53. The van der Waals surface area contributed by atoms with Crippen molar-refractivity contribution in [3.8, 4) is 11.5 Å². The molecule has 1 unspecified atom stereocenters. The van der Waals surface area contributed by atoms with Crippen molar-refractivity contribution in [2.24, 2.45) is 5.73 Å². The van der Waals surface area contributed by atoms with Gasteiger partial charge in [0.25, 0.3) is 0 Å². The molecule has 2 N–H and O–H groups in total. The molecule has 104 valence electrons. The second-order valence-corrected chi connectivity index (χ2v) is 4.90. The van der Waals surface area contributed by atoms with Crippen LogP contribution in [-0.2, 0) is 0 Å². The van der Waals surface area contributed by atoms with Crippen LogP contribution in [0, 0.1) is 5.82 Å². The fraction of sp³-hybridized carbons (Fsp3) is 0.250. The van der Waals surface area contributed by atoms with E-state index in [-0.39, 0.29) is 18.0 Å². The molecule has 0 saturated carbocycles. The molecule has 0 bridgehead atoms. The van der Waals surface area contributed by atoms with Crippen molar-refractivity contribution in [3.63, 3.8) is 0 Å². The lowest BCUT2D eigenvalue weighted by molar-refractivity contribution is 0.160. The first kappa shape index (κ1) is 12.9. The fourth-order valence-corrected chi connectivity index (χ4v) is 2.50. The predicted molar refractivity (Wildman–Crippen MR) is 74.3 cm³/mol. The lowest BCUT2D eigenvalue weighted by Crippen LogP contribution is -2.24. The van der Waals surface area contributed by atoms with Gasteiger partial charge in [0.1, 0.15) is 23.4 Å². The Morgan fingerprint density at radius 3 is 2.65 bits per heavy atom. The highest BCUT2D eigenvalue weighted by molar-refractivity contribution is 5.40. The Kier molecular flexibility index (Phi) is 3.32. The molecule has 0 spiro atoms. The molecule has 0 radical (unpaired) electrons. The summed E-state index contributed by atoms with van der Waals surface area (Å²) in [5, 5.41) is 0. The summed E-state index contributed by atoms with van der Waals surface area (Å²) in [6.45, 7) is 0. The molecule has 0 saturated heterocycles. The van der Waals surface area contributed by atoms with Gasteiger partial charge in [-0.1, -0.05) is 18.2 Å². The van der Waals surface area contributed by atoms with Crippen molar-refractivity contribution in [1.29, 1.82) is 0 Å². The van der Waals surface area contributed by atoms with Crippen molar-refractivity contribution in [1.82, 2.24) is 0 Å². The molecule has 20 heavy (non-hydrogen) atoms. The largest absolute Gasteiger partial charge is 0.497 e. The van der Waals surface area contributed by atoms with Gasteiger partial charge in [0.05, 0.1) is 7.11 Å². The van der Waals surface area contributed by atoms with E-state index in [1.165, 1.54) is 12.1 Å². The van der Waals surface area contributed by atoms with Gasteiger partial charge in [-0.25, -0.2) is 4.39 Å². The maximum atomic E-state index is 13.3. The van der Waals surface area contributed by atoms with E-state index in [1.807, 2.05) is 24.3 Å². The van der Waals surface area contributed by atoms with Gasteiger partial charge < -0.3 is 15.2 Å². The minimum atomic E-state index is -0.314. The molecule has 2 atom stereocenters. The summed E-state index contributed by atoms with van der Waals surface area (Å²) in [6.07, 6.45) is 0.510. The highest BCUT2D eigenvalue weighted by atomic mass is 19.1. The summed E-state index contributed by atoms with van der Waals surface area (Å²) in [6, 6.07) is 12.0. The van der Waals surface area contributed by atoms with E-state index in [4.69, 9.17) is 15.2 Å². The third-order valence-corrected chi connectivity index (χ3v) is 3.60. The zero-order valence-electron chi connectivity index (χ0n) is 11.2. The van der Waals surface area contributed by atoms with Gasteiger partial charge in [-0.05, 0) is 23.8 Å². The van der Waals surface area contributed by atoms with Gasteiger partial charge in [0.15, 0.2) is 0 Å². The van der Waals surface area contributed by atoms with Crippen molar-refractivity contribution in [2.75, 3.05) is 7.11 Å². The summed E-state index contributed by atoms with van der Waals surface area (Å²) < 4.78 is 24.3. The molecule has 2 aromatic rings. The second kappa shape index (κ2) is 5.13. The van der Waals surface area contributed by atoms with Gasteiger partial charge in [-0.15, -0.1) is 0 Å². The van der Waals surface area contributed by atoms with Crippen LogP contribution >= 0.6 is 0 Å². The highest BCUT2D eigenvalue weighted by Gasteiger charge is 2.27. The van der Waals surface area contributed by atoms with Crippen LogP contribution in [0.2, 0.25) is 0 Å². The standard InChI is InChI=1S/C16H16FNO2/c1-19-12-5-2-10(3-6-12)15-9-14(18)13-7-4-11(17)8-16(13)20-15/h2-8,14-15H,9,18H2,1H3/t14-,15?/m0/s1. The zero-order valence-corrected chi connectivity index (χ0v) is 11.2. The van der Waals surface area contributed by atoms with E-state index in [0.29, 0.717) is 12.2 Å². The number of rotatable bonds is 2. The maximum absolute atomic E-state index is 13.3. The smallest absolute Gasteiger partial charge is 0.127 e. The van der Waals surface area contributed by atoms with Crippen LogP contribution in [-0.4, -0.2) is 7.11 Å². The molecule has 3 rings (SSSR count). The molecule has 0 fully saturated rings. The van der Waals surface area contributed by atoms with E-state index >= 15 is 0 Å². The van der Waals surface area contributed by atoms with Crippen molar-refractivity contribution >= 4 is 0 Å². The Morgan fingerprint density at radius 1 is 1.20 bits per heavy atom. The number of nitrogens with two attached hydrogens (primary N) is 1. The average molecular weight is 273 g/mol. The van der Waals surface area contributed by atoms with Crippen molar-refractivity contribution < 1.29 is 13.9 Å². The molecule has 4 heteroatoms. The van der Waals surface area contributed by atoms with Crippen LogP contribution in [0.1, 0.15) is 29.7 Å². The van der Waals surface area contributed by atoms with Crippen LogP contribution in [0.25, 0.3) is 0 Å². The quantitative estimate of drug-likeness (QED) is 0.912. The van der Waals surface area contributed by atoms with Crippen LogP contribution in [0.4, 0.5) is 4.39 Å². The number of benzene rings is 2. The predicted octanol–water partition coefficient (Wildman–Crippen LogP) is 3.36. The molecule has 3 nitrogen and oxygen atoms in total. The Hall–Kier alpha value is -2.07. The number of methoxy groups -OCH3 is 1. The summed E-state index contributed by atoms with van der Waals surface area (Å²) in [5.41, 5.74) is 8.02. The minimum absolute atomic E-state index is 0.147. The van der Waals surface area contributed by atoms with Gasteiger partial charge in [-0.2, -0.15) is 0 Å². The van der Waals surface area contributed by atoms with Gasteiger partial charge in [0, 0.05) is 24.1 Å². The molecule has 0 aliphatic carbocycles. The van der Waals surface area contributed by atoms with E-state index < -0.39 is 0 Å². The minimum Gasteiger partial charge on any atom is -0.497 e. The van der Waals surface area contributed by atoms with E-state index in [2.05, 4.69) is 0 Å². The van der Waals surface area contributed by atoms with E-state index in [1.54, 1.807) is 13.2 Å². The number of hydrogen-bond donors (Lipinski definition) is 1. The topological polar surface area (TPSA) is 44.5 Å². The first-order valence-corrected chi connectivity index (χ1v) is 6.53. The lowest BCUT2D eigenvalue weighted by Gasteiger charge is -2.30. The number of fused-ring (bicyclic) bond motifs is 1. The van der Waals surface area contributed by atoms with E-state index in [9.17, 15) is 4.39 Å². The molecule has 0 aromatic heterocycles. The molecule has 0 amide bonds. The highest BCUT2D eigenvalue weighted by Crippen LogP contribution is 2.40. The van der Waals surface area contributed by atoms with Crippen LogP contribution in [0.3, 0.4) is 0 Å². The normalized spacial score (nSPS) is 20.9. The number of ether oxygens (including phenoxy) is 2. The van der Waals surface area contributed by atoms with Crippen LogP contribution < -0.4 is 15.2 Å². The van der Waals surface area contributed by atoms with Crippen LogP contribution in [0.15, 0.2) is 42.5 Å². The molecule has 1 aliphatic rings. The van der Waals surface area contributed by atoms with E-state index in [0.717, 1.165) is 16.9 Å². The molecule has 2 aromatic carbocycles. The second-order valence-electron chi connectivity index (χ2n) is 4.90. The maximum Gasteiger partial charge on any atom is 0.127 e. The van der Waals surface area contributed by atoms with Crippen molar-refractivity contribution in [2.45, 2.75) is 18.6 Å². The Morgan fingerprint density at radius 2 is 1.95 bits per heavy atom. The Balaban J connectivity index is 1.89. The fourth-order valence-electron chi connectivity index (χ4n) is 2.50. The molecule has 1 aliphatic heterocycles. The summed E-state index contributed by atoms with van der Waals surface area (Å²) in [4.78, 5) is 0.